The number of amides is 1. The van der Waals surface area contributed by atoms with Crippen molar-refractivity contribution in [3.63, 3.8) is 0 Å². The molecule has 0 aliphatic carbocycles. The van der Waals surface area contributed by atoms with Gasteiger partial charge in [0.25, 0.3) is 0 Å². The van der Waals surface area contributed by atoms with Crippen LogP contribution < -0.4 is 5.32 Å². The third-order valence-electron chi connectivity index (χ3n) is 3.02. The second-order valence-corrected chi connectivity index (χ2v) is 5.99. The molecule has 1 N–H and O–H groups in total. The molecule has 2 nitrogen and oxygen atoms in total. The molecule has 2 rings (SSSR count). The van der Waals surface area contributed by atoms with Crippen molar-refractivity contribution in [1.82, 2.24) is 0 Å². The van der Waals surface area contributed by atoms with Gasteiger partial charge in [-0.1, -0.05) is 35.4 Å². The largest absolute Gasteiger partial charge is 0.325 e. The first-order chi connectivity index (χ1) is 9.54. The first-order valence-corrected chi connectivity index (χ1v) is 7.60. The lowest BCUT2D eigenvalue weighted by molar-refractivity contribution is -0.113. The number of carbonyl (C=O) groups is 1. The molecule has 0 aromatic heterocycles. The van der Waals surface area contributed by atoms with E-state index in [1.54, 1.807) is 11.8 Å². The van der Waals surface area contributed by atoms with Crippen LogP contribution in [0, 0.1) is 20.8 Å². The van der Waals surface area contributed by atoms with E-state index in [2.05, 4.69) is 37.4 Å². The maximum Gasteiger partial charge on any atom is 0.234 e. The molecule has 0 radical (unpaired) electrons. The number of benzene rings is 2. The molecular weight excluding hydrogens is 266 g/mol. The van der Waals surface area contributed by atoms with E-state index in [4.69, 9.17) is 0 Å². The molecule has 20 heavy (non-hydrogen) atoms. The van der Waals surface area contributed by atoms with Gasteiger partial charge in [0.1, 0.15) is 0 Å². The number of thioether (sulfide) groups is 1. The van der Waals surface area contributed by atoms with Crippen LogP contribution in [0.15, 0.2) is 47.4 Å². The number of hydrogen-bond acceptors (Lipinski definition) is 2. The van der Waals surface area contributed by atoms with E-state index >= 15 is 0 Å². The van der Waals surface area contributed by atoms with Gasteiger partial charge in [-0.15, -0.1) is 11.8 Å². The van der Waals surface area contributed by atoms with Crippen LogP contribution >= 0.6 is 11.8 Å². The maximum atomic E-state index is 11.9. The number of hydrogen-bond donors (Lipinski definition) is 1. The van der Waals surface area contributed by atoms with Crippen molar-refractivity contribution in [1.29, 1.82) is 0 Å². The van der Waals surface area contributed by atoms with E-state index < -0.39 is 0 Å². The summed E-state index contributed by atoms with van der Waals surface area (Å²) in [5.74, 6) is 0.455. The zero-order valence-corrected chi connectivity index (χ0v) is 12.9. The topological polar surface area (TPSA) is 29.1 Å². The summed E-state index contributed by atoms with van der Waals surface area (Å²) >= 11 is 1.57. The lowest BCUT2D eigenvalue weighted by Crippen LogP contribution is -2.13. The second-order valence-electron chi connectivity index (χ2n) is 4.97. The van der Waals surface area contributed by atoms with E-state index in [0.717, 1.165) is 10.6 Å². The highest BCUT2D eigenvalue weighted by molar-refractivity contribution is 8.00. The summed E-state index contributed by atoms with van der Waals surface area (Å²) < 4.78 is 0. The minimum atomic E-state index is 0.0267. The Balaban J connectivity index is 1.90. The SMILES string of the molecule is Cc1ccc(NC(=O)CSc2ccc(C)cc2C)cc1. The van der Waals surface area contributed by atoms with Crippen LogP contribution in [0.2, 0.25) is 0 Å². The van der Waals surface area contributed by atoms with Crippen LogP contribution in [0.25, 0.3) is 0 Å². The number of nitrogens with one attached hydrogen (secondary N) is 1. The van der Waals surface area contributed by atoms with Crippen LogP contribution in [0.4, 0.5) is 5.69 Å². The zero-order chi connectivity index (χ0) is 14.5. The van der Waals surface area contributed by atoms with Gasteiger partial charge in [-0.05, 0) is 44.5 Å². The zero-order valence-electron chi connectivity index (χ0n) is 12.1. The van der Waals surface area contributed by atoms with Crippen molar-refractivity contribution < 1.29 is 4.79 Å². The fourth-order valence-electron chi connectivity index (χ4n) is 1.94. The van der Waals surface area contributed by atoms with Crippen LogP contribution in [0.5, 0.6) is 0 Å². The monoisotopic (exact) mass is 285 g/mol. The highest BCUT2D eigenvalue weighted by Gasteiger charge is 2.05. The van der Waals surface area contributed by atoms with Gasteiger partial charge in [0.2, 0.25) is 5.91 Å². The number of carbonyl (C=O) groups excluding carboxylic acids is 1. The molecule has 0 atom stereocenters. The molecule has 0 saturated carbocycles. The Hall–Kier alpha value is -1.74. The maximum absolute atomic E-state index is 11.9. The predicted molar refractivity (Wildman–Crippen MR) is 86.4 cm³/mol. The fourth-order valence-corrected chi connectivity index (χ4v) is 2.75. The van der Waals surface area contributed by atoms with Crippen LogP contribution in [0.1, 0.15) is 16.7 Å². The molecule has 104 valence electrons. The van der Waals surface area contributed by atoms with Crippen LogP contribution in [0.3, 0.4) is 0 Å². The summed E-state index contributed by atoms with van der Waals surface area (Å²) in [6.07, 6.45) is 0. The molecule has 0 bridgehead atoms. The van der Waals surface area contributed by atoms with E-state index in [0.29, 0.717) is 5.75 Å². The Morgan fingerprint density at radius 3 is 2.30 bits per heavy atom. The standard InChI is InChI=1S/C17H19NOS/c1-12-4-7-15(8-5-12)18-17(19)11-20-16-9-6-13(2)10-14(16)3/h4-10H,11H2,1-3H3,(H,18,19). The van der Waals surface area contributed by atoms with Gasteiger partial charge in [-0.2, -0.15) is 0 Å². The van der Waals surface area contributed by atoms with E-state index in [1.165, 1.54) is 16.7 Å². The van der Waals surface area contributed by atoms with Crippen molar-refractivity contribution in [2.24, 2.45) is 0 Å². The number of rotatable bonds is 4. The van der Waals surface area contributed by atoms with Crippen molar-refractivity contribution in [3.8, 4) is 0 Å². The first-order valence-electron chi connectivity index (χ1n) is 6.61. The van der Waals surface area contributed by atoms with Crippen LogP contribution in [-0.2, 0) is 4.79 Å². The van der Waals surface area contributed by atoms with Crippen molar-refractivity contribution in [2.75, 3.05) is 11.1 Å². The summed E-state index contributed by atoms with van der Waals surface area (Å²) in [7, 11) is 0. The minimum Gasteiger partial charge on any atom is -0.325 e. The van der Waals surface area contributed by atoms with Gasteiger partial charge in [-0.3, -0.25) is 4.79 Å². The average molecular weight is 285 g/mol. The Morgan fingerprint density at radius 1 is 1.00 bits per heavy atom. The van der Waals surface area contributed by atoms with Crippen molar-refractivity contribution in [3.05, 3.63) is 59.2 Å². The molecule has 3 heteroatoms. The Kier molecular flexibility index (Phi) is 4.85. The van der Waals surface area contributed by atoms with E-state index in [9.17, 15) is 4.79 Å². The number of anilines is 1. The van der Waals surface area contributed by atoms with Gasteiger partial charge < -0.3 is 5.32 Å². The molecule has 0 saturated heterocycles. The summed E-state index contributed by atoms with van der Waals surface area (Å²) in [6.45, 7) is 6.18. The third-order valence-corrected chi connectivity index (χ3v) is 4.20. The molecule has 2 aromatic carbocycles. The van der Waals surface area contributed by atoms with Gasteiger partial charge in [0.05, 0.1) is 5.75 Å². The second kappa shape index (κ2) is 6.62. The molecule has 0 fully saturated rings. The lowest BCUT2D eigenvalue weighted by atomic mass is 10.2. The van der Waals surface area contributed by atoms with Gasteiger partial charge >= 0.3 is 0 Å². The molecule has 0 unspecified atom stereocenters. The lowest BCUT2D eigenvalue weighted by Gasteiger charge is -2.08. The Bertz CT molecular complexity index is 605. The predicted octanol–water partition coefficient (Wildman–Crippen LogP) is 4.34. The van der Waals surface area contributed by atoms with Gasteiger partial charge in [0.15, 0.2) is 0 Å². The molecule has 0 heterocycles. The van der Waals surface area contributed by atoms with Crippen molar-refractivity contribution >= 4 is 23.4 Å². The molecular formula is C17H19NOS. The molecule has 0 aliphatic rings. The molecule has 2 aromatic rings. The quantitative estimate of drug-likeness (QED) is 0.847. The smallest absolute Gasteiger partial charge is 0.234 e. The van der Waals surface area contributed by atoms with Crippen molar-refractivity contribution in [2.45, 2.75) is 25.7 Å². The van der Waals surface area contributed by atoms with E-state index in [-0.39, 0.29) is 5.91 Å². The first kappa shape index (κ1) is 14.7. The molecule has 0 spiro atoms. The summed E-state index contributed by atoms with van der Waals surface area (Å²) in [4.78, 5) is 13.1. The summed E-state index contributed by atoms with van der Waals surface area (Å²) in [5, 5.41) is 2.91. The van der Waals surface area contributed by atoms with Crippen LogP contribution in [-0.4, -0.2) is 11.7 Å². The van der Waals surface area contributed by atoms with Gasteiger partial charge in [-0.25, -0.2) is 0 Å². The normalized spacial score (nSPS) is 10.3. The fraction of sp³-hybridized carbons (Fsp3) is 0.235. The minimum absolute atomic E-state index is 0.0267. The Labute approximate surface area is 124 Å². The third kappa shape index (κ3) is 4.14. The van der Waals surface area contributed by atoms with E-state index in [1.807, 2.05) is 31.2 Å². The van der Waals surface area contributed by atoms with Gasteiger partial charge in [0, 0.05) is 10.6 Å². The summed E-state index contributed by atoms with van der Waals surface area (Å²) in [6, 6.07) is 14.1. The molecule has 1 amide bonds. The number of aryl methyl sites for hydroxylation is 3. The highest BCUT2D eigenvalue weighted by atomic mass is 32.2. The highest BCUT2D eigenvalue weighted by Crippen LogP contribution is 2.23. The Morgan fingerprint density at radius 2 is 1.65 bits per heavy atom. The summed E-state index contributed by atoms with van der Waals surface area (Å²) in [5.41, 5.74) is 4.50. The molecule has 0 aliphatic heterocycles. The average Bonchev–Trinajstić information content (AvgIpc) is 2.40.